The van der Waals surface area contributed by atoms with Gasteiger partial charge < -0.3 is 30.2 Å². The maximum atomic E-state index is 11.7. The summed E-state index contributed by atoms with van der Waals surface area (Å²) < 4.78 is 5.36. The van der Waals surface area contributed by atoms with Gasteiger partial charge >= 0.3 is 11.9 Å². The molecular weight excluding hydrogens is 350 g/mol. The van der Waals surface area contributed by atoms with E-state index in [2.05, 4.69) is 5.32 Å². The number of hydrogen-bond donors (Lipinski definition) is 5. The number of nitrogens with one attached hydrogen (secondary N) is 1. The van der Waals surface area contributed by atoms with Crippen LogP contribution in [0.25, 0.3) is 0 Å². The van der Waals surface area contributed by atoms with Crippen molar-refractivity contribution < 1.29 is 39.2 Å². The van der Waals surface area contributed by atoms with E-state index in [1.54, 1.807) is 7.11 Å². The fraction of sp³-hybridized carbons (Fsp3) is 0.800. The summed E-state index contributed by atoms with van der Waals surface area (Å²) in [5.74, 6) is -3.93. The monoisotopic (exact) mass is 379 g/mol. The molecular formula is C15H29NO8Si. The van der Waals surface area contributed by atoms with E-state index in [0.29, 0.717) is 13.0 Å². The summed E-state index contributed by atoms with van der Waals surface area (Å²) in [7, 11) is -0.369. The highest BCUT2D eigenvalue weighted by atomic mass is 28.4. The lowest BCUT2D eigenvalue weighted by atomic mass is 9.95. The molecule has 0 radical (unpaired) electrons. The van der Waals surface area contributed by atoms with Gasteiger partial charge in [0.25, 0.3) is 0 Å². The van der Waals surface area contributed by atoms with E-state index in [-0.39, 0.29) is 6.23 Å². The fourth-order valence-electron chi connectivity index (χ4n) is 2.24. The number of carbonyl (C=O) groups is 3. The van der Waals surface area contributed by atoms with Gasteiger partial charge in [0, 0.05) is 13.7 Å². The summed E-state index contributed by atoms with van der Waals surface area (Å²) in [4.78, 5) is 33.2. The van der Waals surface area contributed by atoms with Crippen molar-refractivity contribution in [2.75, 3.05) is 19.9 Å². The minimum absolute atomic E-state index is 0.0857. The van der Waals surface area contributed by atoms with Gasteiger partial charge in [-0.25, -0.2) is 4.79 Å². The van der Waals surface area contributed by atoms with Crippen LogP contribution in [0.2, 0.25) is 12.6 Å². The van der Waals surface area contributed by atoms with Crippen LogP contribution < -0.4 is 5.32 Å². The van der Waals surface area contributed by atoms with E-state index >= 15 is 0 Å². The number of aliphatic hydroxyl groups is 2. The van der Waals surface area contributed by atoms with Gasteiger partial charge in [-0.15, -0.1) is 0 Å². The van der Waals surface area contributed by atoms with E-state index in [1.165, 1.54) is 0 Å². The Hall–Kier alpha value is -1.49. The molecule has 0 spiro atoms. The summed E-state index contributed by atoms with van der Waals surface area (Å²) in [5.41, 5.74) is -2.60. The molecule has 0 saturated heterocycles. The van der Waals surface area contributed by atoms with Gasteiger partial charge in [-0.05, 0) is 19.0 Å². The molecule has 0 aromatic rings. The first-order valence-electron chi connectivity index (χ1n) is 8.19. The number of rotatable bonds is 14. The van der Waals surface area contributed by atoms with Crippen molar-refractivity contribution in [2.45, 2.75) is 56.7 Å². The number of hydrogen-bond acceptors (Lipinski definition) is 6. The standard InChI is InChI=1S/C15H29NO8Si/c1-24-25(2,11-17)8-6-4-3-5-7-16-12(18)9-15(23,14(21)22)10-13(19)20/h17,23H,3-11H2,1-2H3,(H,16,18)(H,19,20)(H,21,22). The molecule has 0 saturated carbocycles. The Balaban J connectivity index is 4.00. The van der Waals surface area contributed by atoms with Crippen molar-refractivity contribution in [3.8, 4) is 0 Å². The molecule has 0 heterocycles. The van der Waals surface area contributed by atoms with Crippen LogP contribution in [-0.4, -0.2) is 72.1 Å². The van der Waals surface area contributed by atoms with Gasteiger partial charge in [-0.3, -0.25) is 9.59 Å². The van der Waals surface area contributed by atoms with E-state index < -0.39 is 44.6 Å². The van der Waals surface area contributed by atoms with Crippen LogP contribution >= 0.6 is 0 Å². The van der Waals surface area contributed by atoms with Gasteiger partial charge in [-0.1, -0.05) is 19.3 Å². The highest BCUT2D eigenvalue weighted by molar-refractivity contribution is 6.72. The zero-order chi connectivity index (χ0) is 19.5. The van der Waals surface area contributed by atoms with Crippen LogP contribution in [-0.2, 0) is 18.8 Å². The third-order valence-corrected chi connectivity index (χ3v) is 7.14. The molecule has 2 unspecified atom stereocenters. The molecule has 0 aromatic heterocycles. The lowest BCUT2D eigenvalue weighted by Crippen LogP contribution is -2.45. The predicted molar refractivity (Wildman–Crippen MR) is 91.5 cm³/mol. The molecule has 9 nitrogen and oxygen atoms in total. The minimum Gasteiger partial charge on any atom is -0.481 e. The Labute approximate surface area is 148 Å². The molecule has 146 valence electrons. The predicted octanol–water partition coefficient (Wildman–Crippen LogP) is 0.0967. The smallest absolute Gasteiger partial charge is 0.336 e. The van der Waals surface area contributed by atoms with Gasteiger partial charge in [0.15, 0.2) is 5.60 Å². The Morgan fingerprint density at radius 3 is 2.16 bits per heavy atom. The number of carboxylic acid groups (broad SMARTS) is 2. The van der Waals surface area contributed by atoms with Crippen molar-refractivity contribution in [3.63, 3.8) is 0 Å². The lowest BCUT2D eigenvalue weighted by Gasteiger charge is -2.22. The topological polar surface area (TPSA) is 153 Å². The summed E-state index contributed by atoms with van der Waals surface area (Å²) in [6.07, 6.45) is 1.61. The van der Waals surface area contributed by atoms with Crippen molar-refractivity contribution in [3.05, 3.63) is 0 Å². The molecule has 5 N–H and O–H groups in total. The first kappa shape index (κ1) is 23.5. The molecule has 10 heteroatoms. The molecule has 25 heavy (non-hydrogen) atoms. The Bertz CT molecular complexity index is 455. The van der Waals surface area contributed by atoms with Crippen LogP contribution in [0.15, 0.2) is 0 Å². The van der Waals surface area contributed by atoms with Gasteiger partial charge in [0.05, 0.1) is 19.1 Å². The van der Waals surface area contributed by atoms with Gasteiger partial charge in [0.1, 0.15) is 0 Å². The second-order valence-electron chi connectivity index (χ2n) is 6.41. The Kier molecular flexibility index (Phi) is 10.5. The normalized spacial score (nSPS) is 15.8. The summed E-state index contributed by atoms with van der Waals surface area (Å²) >= 11 is 0. The largest absolute Gasteiger partial charge is 0.481 e. The third-order valence-electron chi connectivity index (χ3n) is 4.08. The molecule has 0 rings (SSSR count). The highest BCUT2D eigenvalue weighted by Gasteiger charge is 2.40. The van der Waals surface area contributed by atoms with Crippen molar-refractivity contribution in [2.24, 2.45) is 0 Å². The number of amides is 1. The summed E-state index contributed by atoms with van der Waals surface area (Å²) in [5, 5.41) is 39.0. The van der Waals surface area contributed by atoms with E-state index in [4.69, 9.17) is 14.6 Å². The fourth-order valence-corrected chi connectivity index (χ4v) is 3.73. The van der Waals surface area contributed by atoms with Crippen LogP contribution in [0.5, 0.6) is 0 Å². The average molecular weight is 379 g/mol. The Morgan fingerprint density at radius 2 is 1.68 bits per heavy atom. The van der Waals surface area contributed by atoms with Gasteiger partial charge in [-0.2, -0.15) is 0 Å². The quantitative estimate of drug-likeness (QED) is 0.210. The summed E-state index contributed by atoms with van der Waals surface area (Å²) in [6, 6.07) is 0.854. The van der Waals surface area contributed by atoms with Crippen LogP contribution in [0, 0.1) is 0 Å². The molecule has 1 amide bonds. The Morgan fingerprint density at radius 1 is 1.08 bits per heavy atom. The van der Waals surface area contributed by atoms with E-state index in [0.717, 1.165) is 25.3 Å². The maximum Gasteiger partial charge on any atom is 0.336 e. The molecule has 0 aliphatic rings. The number of aliphatic carboxylic acids is 2. The summed E-state index contributed by atoms with van der Waals surface area (Å²) in [6.45, 7) is 2.29. The van der Waals surface area contributed by atoms with Crippen molar-refractivity contribution in [1.29, 1.82) is 0 Å². The number of unbranched alkanes of at least 4 members (excludes halogenated alkanes) is 3. The molecule has 2 atom stereocenters. The maximum absolute atomic E-state index is 11.7. The van der Waals surface area contributed by atoms with Crippen LogP contribution in [0.3, 0.4) is 0 Å². The van der Waals surface area contributed by atoms with Crippen molar-refractivity contribution >= 4 is 26.2 Å². The second-order valence-corrected chi connectivity index (χ2v) is 10.5. The number of carboxylic acids is 2. The number of aliphatic hydroxyl groups excluding tert-OH is 1. The first-order chi connectivity index (χ1) is 11.6. The number of carbonyl (C=O) groups excluding carboxylic acids is 1. The highest BCUT2D eigenvalue weighted by Crippen LogP contribution is 2.17. The zero-order valence-electron chi connectivity index (χ0n) is 14.8. The van der Waals surface area contributed by atoms with Crippen molar-refractivity contribution in [1.82, 2.24) is 5.32 Å². The average Bonchev–Trinajstić information content (AvgIpc) is 2.52. The lowest BCUT2D eigenvalue weighted by molar-refractivity contribution is -0.167. The second kappa shape index (κ2) is 11.2. The molecule has 0 aliphatic carbocycles. The van der Waals surface area contributed by atoms with E-state index in [1.807, 2.05) is 6.55 Å². The van der Waals surface area contributed by atoms with Crippen LogP contribution in [0.4, 0.5) is 0 Å². The molecule has 0 aromatic carbocycles. The molecule has 0 bridgehead atoms. The van der Waals surface area contributed by atoms with Crippen LogP contribution in [0.1, 0.15) is 38.5 Å². The van der Waals surface area contributed by atoms with E-state index in [9.17, 15) is 24.6 Å². The molecule has 0 fully saturated rings. The third kappa shape index (κ3) is 9.53. The first-order valence-corrected chi connectivity index (χ1v) is 11.0. The zero-order valence-corrected chi connectivity index (χ0v) is 15.8. The van der Waals surface area contributed by atoms with Gasteiger partial charge in [0.2, 0.25) is 14.2 Å². The SMILES string of the molecule is CO[Si](C)(CO)CCCCCCNC(=O)CC(O)(CC(=O)O)C(=O)O. The minimum atomic E-state index is -2.60. The molecule has 0 aliphatic heterocycles.